The highest BCUT2D eigenvalue weighted by Gasteiger charge is 2.15. The third kappa shape index (κ3) is 2.85. The summed E-state index contributed by atoms with van der Waals surface area (Å²) < 4.78 is 6.33. The number of rotatable bonds is 3. The summed E-state index contributed by atoms with van der Waals surface area (Å²) in [4.78, 5) is 0. The molecule has 1 nitrogen and oxygen atoms in total. The molecule has 0 saturated heterocycles. The lowest BCUT2D eigenvalue weighted by molar-refractivity contribution is 0.670. The number of hydrogen-bond acceptors (Lipinski definition) is 1. The van der Waals surface area contributed by atoms with Gasteiger partial charge in [0.15, 0.2) is 0 Å². The highest BCUT2D eigenvalue weighted by atomic mass is 16.3. The molecule has 0 saturated carbocycles. The van der Waals surface area contributed by atoms with Gasteiger partial charge in [-0.05, 0) is 45.5 Å². The number of furan rings is 1. The van der Waals surface area contributed by atoms with Gasteiger partial charge in [-0.3, -0.25) is 0 Å². The van der Waals surface area contributed by atoms with Crippen LogP contribution in [0.3, 0.4) is 0 Å². The molecule has 0 aliphatic heterocycles. The van der Waals surface area contributed by atoms with Crippen molar-refractivity contribution in [3.63, 3.8) is 0 Å². The van der Waals surface area contributed by atoms with Crippen molar-refractivity contribution in [3.8, 4) is 22.3 Å². The van der Waals surface area contributed by atoms with Crippen LogP contribution in [0.1, 0.15) is 12.5 Å². The SMILES string of the molecule is CCc1ccc(-c2ccc(-c3cccc4c3oc3ccccc34)c3ccccc23)cc1. The minimum atomic E-state index is 0.932. The van der Waals surface area contributed by atoms with Crippen molar-refractivity contribution in [1.29, 1.82) is 0 Å². The van der Waals surface area contributed by atoms with Crippen molar-refractivity contribution in [3.05, 3.63) is 109 Å². The minimum absolute atomic E-state index is 0.932. The first kappa shape index (κ1) is 18.0. The summed E-state index contributed by atoms with van der Waals surface area (Å²) in [6.45, 7) is 2.19. The third-order valence-electron chi connectivity index (χ3n) is 6.29. The molecule has 0 bridgehead atoms. The Bertz CT molecular complexity index is 1550. The minimum Gasteiger partial charge on any atom is -0.455 e. The quantitative estimate of drug-likeness (QED) is 0.291. The molecule has 1 aromatic heterocycles. The van der Waals surface area contributed by atoms with Crippen LogP contribution < -0.4 is 0 Å². The van der Waals surface area contributed by atoms with E-state index in [4.69, 9.17) is 4.42 Å². The van der Waals surface area contributed by atoms with E-state index < -0.39 is 0 Å². The molecule has 0 atom stereocenters. The molecule has 0 amide bonds. The Hall–Kier alpha value is -3.84. The summed E-state index contributed by atoms with van der Waals surface area (Å²) in [6, 6.07) is 36.8. The van der Waals surface area contributed by atoms with Gasteiger partial charge in [0.1, 0.15) is 11.2 Å². The number of fused-ring (bicyclic) bond motifs is 4. The second kappa shape index (κ2) is 7.14. The highest BCUT2D eigenvalue weighted by Crippen LogP contribution is 2.40. The van der Waals surface area contributed by atoms with Crippen LogP contribution in [0.25, 0.3) is 55.0 Å². The van der Waals surface area contributed by atoms with Crippen LogP contribution in [0.2, 0.25) is 0 Å². The van der Waals surface area contributed by atoms with Crippen LogP contribution in [-0.4, -0.2) is 0 Å². The van der Waals surface area contributed by atoms with Gasteiger partial charge in [0.05, 0.1) is 0 Å². The van der Waals surface area contributed by atoms with Gasteiger partial charge in [-0.2, -0.15) is 0 Å². The van der Waals surface area contributed by atoms with Crippen molar-refractivity contribution in [2.24, 2.45) is 0 Å². The Labute approximate surface area is 181 Å². The maximum absolute atomic E-state index is 6.33. The fourth-order valence-corrected chi connectivity index (χ4v) is 4.66. The van der Waals surface area contributed by atoms with Crippen molar-refractivity contribution in [2.45, 2.75) is 13.3 Å². The van der Waals surface area contributed by atoms with E-state index in [9.17, 15) is 0 Å². The summed E-state index contributed by atoms with van der Waals surface area (Å²) >= 11 is 0. The molecule has 0 fully saturated rings. The van der Waals surface area contributed by atoms with Crippen molar-refractivity contribution in [1.82, 2.24) is 0 Å². The first-order valence-electron chi connectivity index (χ1n) is 10.8. The lowest BCUT2D eigenvalue weighted by atomic mass is 9.91. The van der Waals surface area contributed by atoms with Gasteiger partial charge in [-0.1, -0.05) is 104 Å². The zero-order valence-corrected chi connectivity index (χ0v) is 17.4. The summed E-state index contributed by atoms with van der Waals surface area (Å²) in [6.07, 6.45) is 1.06. The summed E-state index contributed by atoms with van der Waals surface area (Å²) in [5.74, 6) is 0. The van der Waals surface area contributed by atoms with Gasteiger partial charge in [0, 0.05) is 16.3 Å². The Kier molecular flexibility index (Phi) is 4.14. The molecule has 0 spiro atoms. The smallest absolute Gasteiger partial charge is 0.143 e. The van der Waals surface area contributed by atoms with Crippen molar-refractivity contribution < 1.29 is 4.42 Å². The van der Waals surface area contributed by atoms with E-state index >= 15 is 0 Å². The molecule has 0 unspecified atom stereocenters. The van der Waals surface area contributed by atoms with Crippen LogP contribution >= 0.6 is 0 Å². The average Bonchev–Trinajstić information content (AvgIpc) is 3.22. The lowest BCUT2D eigenvalue weighted by Gasteiger charge is -2.13. The summed E-state index contributed by atoms with van der Waals surface area (Å²) in [5, 5.41) is 4.83. The molecule has 0 aliphatic rings. The van der Waals surface area contributed by atoms with Crippen LogP contribution in [0, 0.1) is 0 Å². The van der Waals surface area contributed by atoms with Gasteiger partial charge in [-0.15, -0.1) is 0 Å². The summed E-state index contributed by atoms with van der Waals surface area (Å²) in [7, 11) is 0. The van der Waals surface area contributed by atoms with Gasteiger partial charge in [0.2, 0.25) is 0 Å². The van der Waals surface area contributed by atoms with Crippen LogP contribution in [0.4, 0.5) is 0 Å². The zero-order chi connectivity index (χ0) is 20.8. The van der Waals surface area contributed by atoms with Gasteiger partial charge < -0.3 is 4.42 Å². The van der Waals surface area contributed by atoms with Crippen LogP contribution in [-0.2, 0) is 6.42 Å². The molecule has 0 radical (unpaired) electrons. The van der Waals surface area contributed by atoms with Gasteiger partial charge in [0.25, 0.3) is 0 Å². The van der Waals surface area contributed by atoms with Crippen LogP contribution in [0.15, 0.2) is 108 Å². The standard InChI is InChI=1S/C30H22O/c1-2-20-14-16-21(17-15-20)22-18-19-25(24-9-4-3-8-23(22)24)27-11-7-12-28-26-10-5-6-13-29(26)31-30(27)28/h3-19H,2H2,1H3. The second-order valence-electron chi connectivity index (χ2n) is 8.04. The third-order valence-corrected chi connectivity index (χ3v) is 6.29. The first-order valence-corrected chi connectivity index (χ1v) is 10.8. The number of aryl methyl sites for hydroxylation is 1. The van der Waals surface area contributed by atoms with E-state index in [1.807, 2.05) is 12.1 Å². The number of para-hydroxylation sites is 2. The normalized spacial score (nSPS) is 11.5. The predicted octanol–water partition coefficient (Wildman–Crippen LogP) is 8.64. The van der Waals surface area contributed by atoms with E-state index in [1.165, 1.54) is 33.0 Å². The highest BCUT2D eigenvalue weighted by molar-refractivity contribution is 6.13. The maximum atomic E-state index is 6.33. The van der Waals surface area contributed by atoms with E-state index in [2.05, 4.69) is 97.9 Å². The Morgan fingerprint density at radius 2 is 1.16 bits per heavy atom. The number of benzene rings is 5. The van der Waals surface area contributed by atoms with Crippen LogP contribution in [0.5, 0.6) is 0 Å². The molecule has 6 aromatic rings. The van der Waals surface area contributed by atoms with Crippen molar-refractivity contribution >= 4 is 32.7 Å². The van der Waals surface area contributed by atoms with Gasteiger partial charge in [-0.25, -0.2) is 0 Å². The monoisotopic (exact) mass is 398 g/mol. The molecular weight excluding hydrogens is 376 g/mol. The molecule has 6 rings (SSSR count). The fourth-order valence-electron chi connectivity index (χ4n) is 4.66. The molecule has 0 N–H and O–H groups in total. The van der Waals surface area contributed by atoms with E-state index in [1.54, 1.807) is 0 Å². The average molecular weight is 399 g/mol. The Morgan fingerprint density at radius 1 is 0.516 bits per heavy atom. The van der Waals surface area contributed by atoms with Crippen molar-refractivity contribution in [2.75, 3.05) is 0 Å². The molecule has 0 aliphatic carbocycles. The molecule has 148 valence electrons. The molecule has 1 heteroatoms. The lowest BCUT2D eigenvalue weighted by Crippen LogP contribution is -1.87. The molecular formula is C30H22O. The topological polar surface area (TPSA) is 13.1 Å². The van der Waals surface area contributed by atoms with E-state index in [0.717, 1.165) is 33.9 Å². The summed E-state index contributed by atoms with van der Waals surface area (Å²) in [5.41, 5.74) is 8.10. The predicted molar refractivity (Wildman–Crippen MR) is 131 cm³/mol. The zero-order valence-electron chi connectivity index (χ0n) is 17.4. The Morgan fingerprint density at radius 3 is 1.94 bits per heavy atom. The largest absolute Gasteiger partial charge is 0.455 e. The van der Waals surface area contributed by atoms with E-state index in [0.29, 0.717) is 0 Å². The molecule has 5 aromatic carbocycles. The maximum Gasteiger partial charge on any atom is 0.143 e. The second-order valence-corrected chi connectivity index (χ2v) is 8.04. The Balaban J connectivity index is 1.61. The van der Waals surface area contributed by atoms with E-state index in [-0.39, 0.29) is 0 Å². The first-order chi connectivity index (χ1) is 15.3. The molecule has 1 heterocycles. The van der Waals surface area contributed by atoms with Gasteiger partial charge >= 0.3 is 0 Å². The fraction of sp³-hybridized carbons (Fsp3) is 0.0667. The number of hydrogen-bond donors (Lipinski definition) is 0. The molecule has 31 heavy (non-hydrogen) atoms.